The molecular formula is C25H25N3OS. The zero-order valence-electron chi connectivity index (χ0n) is 17.0. The standard InChI is InChI=1S/C25H25N3OS/c1-25(28-18-27,23(16-29)12-6-9-19-7-3-2-4-8-19)24-14-22(17-30-24)21-11-5-10-20(13-21)15-26/h2-5,7-8,10-11,13-14,16-18,23H,6,9,12H2,1H3,(H2,27,28)/t23?,25-/m0/s1. The number of carbonyl (C=O) groups excluding carboxylic acids is 1. The molecule has 3 aromatic rings. The van der Waals surface area contributed by atoms with Crippen molar-refractivity contribution in [3.05, 3.63) is 82.0 Å². The molecule has 0 spiro atoms. The van der Waals surface area contributed by atoms with Gasteiger partial charge in [-0.15, -0.1) is 11.3 Å². The van der Waals surface area contributed by atoms with Gasteiger partial charge in [0.1, 0.15) is 11.8 Å². The first-order valence-electron chi connectivity index (χ1n) is 9.95. The molecule has 1 unspecified atom stereocenters. The van der Waals surface area contributed by atoms with E-state index in [1.807, 2.05) is 48.7 Å². The molecule has 30 heavy (non-hydrogen) atoms. The van der Waals surface area contributed by atoms with Gasteiger partial charge < -0.3 is 10.5 Å². The van der Waals surface area contributed by atoms with E-state index in [4.69, 9.17) is 11.0 Å². The van der Waals surface area contributed by atoms with Crippen molar-refractivity contribution >= 4 is 24.0 Å². The molecule has 0 saturated carbocycles. The predicted octanol–water partition coefficient (Wildman–Crippen LogP) is 5.33. The molecule has 1 aromatic heterocycles. The molecule has 0 bridgehead atoms. The van der Waals surface area contributed by atoms with Crippen LogP contribution in [0.4, 0.5) is 0 Å². The third kappa shape index (κ3) is 4.84. The minimum atomic E-state index is -0.719. The highest BCUT2D eigenvalue weighted by molar-refractivity contribution is 7.10. The molecule has 1 heterocycles. The summed E-state index contributed by atoms with van der Waals surface area (Å²) in [4.78, 5) is 17.6. The minimum absolute atomic E-state index is 0.280. The van der Waals surface area contributed by atoms with Crippen LogP contribution in [0.5, 0.6) is 0 Å². The number of rotatable bonds is 9. The topological polar surface area (TPSA) is 79.2 Å². The number of hydrogen-bond acceptors (Lipinski definition) is 4. The Morgan fingerprint density at radius 1 is 1.17 bits per heavy atom. The molecule has 2 atom stereocenters. The van der Waals surface area contributed by atoms with Gasteiger partial charge in [-0.05, 0) is 66.5 Å². The number of hydrogen-bond donors (Lipinski definition) is 1. The van der Waals surface area contributed by atoms with Crippen LogP contribution in [-0.4, -0.2) is 12.6 Å². The van der Waals surface area contributed by atoms with Gasteiger partial charge in [0.2, 0.25) is 0 Å². The van der Waals surface area contributed by atoms with Gasteiger partial charge in [0.15, 0.2) is 0 Å². The lowest BCUT2D eigenvalue weighted by Crippen LogP contribution is -2.31. The zero-order valence-corrected chi connectivity index (χ0v) is 17.8. The largest absolute Gasteiger partial charge is 0.390 e. The average Bonchev–Trinajstić information content (AvgIpc) is 3.29. The summed E-state index contributed by atoms with van der Waals surface area (Å²) in [7, 11) is 0. The first kappa shape index (κ1) is 21.5. The van der Waals surface area contributed by atoms with Crippen LogP contribution in [0.1, 0.15) is 35.8 Å². The lowest BCUT2D eigenvalue weighted by molar-refractivity contribution is -0.113. The number of aryl methyl sites for hydroxylation is 1. The van der Waals surface area contributed by atoms with Crippen molar-refractivity contribution in [1.29, 1.82) is 5.26 Å². The molecule has 0 amide bonds. The predicted molar refractivity (Wildman–Crippen MR) is 123 cm³/mol. The Kier molecular flexibility index (Phi) is 7.16. The van der Waals surface area contributed by atoms with Gasteiger partial charge in [0.25, 0.3) is 0 Å². The van der Waals surface area contributed by atoms with Crippen LogP contribution < -0.4 is 5.73 Å². The van der Waals surface area contributed by atoms with E-state index < -0.39 is 5.54 Å². The quantitative estimate of drug-likeness (QED) is 0.291. The molecule has 0 aliphatic heterocycles. The molecule has 4 nitrogen and oxygen atoms in total. The Balaban J connectivity index is 1.82. The van der Waals surface area contributed by atoms with Crippen molar-refractivity contribution in [2.45, 2.75) is 31.7 Å². The van der Waals surface area contributed by atoms with Gasteiger partial charge in [-0.2, -0.15) is 5.26 Å². The SMILES string of the molecule is C[C@@](N=CN)(c1cc(-c2cccc(C#N)c2)cs1)C(C=O)CCCc1ccccc1. The number of thiophene rings is 1. The van der Waals surface area contributed by atoms with Crippen LogP contribution >= 0.6 is 11.3 Å². The molecule has 0 aliphatic rings. The van der Waals surface area contributed by atoms with E-state index in [0.717, 1.165) is 41.6 Å². The van der Waals surface area contributed by atoms with Crippen molar-refractivity contribution < 1.29 is 4.79 Å². The summed E-state index contributed by atoms with van der Waals surface area (Å²) < 4.78 is 0. The summed E-state index contributed by atoms with van der Waals surface area (Å²) in [5.41, 5.74) is 8.84. The fourth-order valence-corrected chi connectivity index (χ4v) is 4.77. The number of benzene rings is 2. The second-order valence-corrected chi connectivity index (χ2v) is 8.35. The summed E-state index contributed by atoms with van der Waals surface area (Å²) in [6.07, 6.45) is 4.84. The molecule has 3 rings (SSSR count). The zero-order chi connectivity index (χ0) is 21.4. The lowest BCUT2D eigenvalue weighted by atomic mass is 9.81. The molecular weight excluding hydrogens is 390 g/mol. The monoisotopic (exact) mass is 415 g/mol. The Bertz CT molecular complexity index is 1050. The first-order chi connectivity index (χ1) is 14.6. The van der Waals surface area contributed by atoms with Crippen LogP contribution in [-0.2, 0) is 16.8 Å². The second-order valence-electron chi connectivity index (χ2n) is 7.44. The van der Waals surface area contributed by atoms with Gasteiger partial charge in [-0.1, -0.05) is 42.5 Å². The molecule has 5 heteroatoms. The average molecular weight is 416 g/mol. The van der Waals surface area contributed by atoms with Crippen LogP contribution in [0.3, 0.4) is 0 Å². The maximum Gasteiger partial charge on any atom is 0.125 e. The van der Waals surface area contributed by atoms with Gasteiger partial charge in [-0.3, -0.25) is 4.99 Å². The maximum atomic E-state index is 12.1. The van der Waals surface area contributed by atoms with Crippen LogP contribution in [0.25, 0.3) is 11.1 Å². The number of aliphatic imine (C=N–C) groups is 1. The minimum Gasteiger partial charge on any atom is -0.390 e. The summed E-state index contributed by atoms with van der Waals surface area (Å²) in [6, 6.07) is 22.0. The normalized spacial score (nSPS) is 14.1. The maximum absolute atomic E-state index is 12.1. The Hall–Kier alpha value is -3.23. The summed E-state index contributed by atoms with van der Waals surface area (Å²) in [5, 5.41) is 11.2. The van der Waals surface area contributed by atoms with Gasteiger partial charge in [0, 0.05) is 10.8 Å². The highest BCUT2D eigenvalue weighted by Gasteiger charge is 2.36. The first-order valence-corrected chi connectivity index (χ1v) is 10.8. The number of nitrogens with two attached hydrogens (primary N) is 1. The van der Waals surface area contributed by atoms with Crippen molar-refractivity contribution in [2.75, 3.05) is 0 Å². The molecule has 152 valence electrons. The number of nitrogens with zero attached hydrogens (tertiary/aromatic N) is 2. The molecule has 0 saturated heterocycles. The van der Waals surface area contributed by atoms with Gasteiger partial charge in [0.05, 0.1) is 18.0 Å². The van der Waals surface area contributed by atoms with E-state index >= 15 is 0 Å². The van der Waals surface area contributed by atoms with E-state index in [2.05, 4.69) is 29.3 Å². The van der Waals surface area contributed by atoms with Gasteiger partial charge in [-0.25, -0.2) is 0 Å². The molecule has 2 N–H and O–H groups in total. The number of nitriles is 1. The summed E-state index contributed by atoms with van der Waals surface area (Å²) in [5.74, 6) is -0.280. The Morgan fingerprint density at radius 2 is 1.97 bits per heavy atom. The summed E-state index contributed by atoms with van der Waals surface area (Å²) in [6.45, 7) is 1.97. The van der Waals surface area contributed by atoms with Gasteiger partial charge >= 0.3 is 0 Å². The summed E-state index contributed by atoms with van der Waals surface area (Å²) >= 11 is 1.57. The smallest absolute Gasteiger partial charge is 0.125 e. The number of carbonyl (C=O) groups is 1. The second kappa shape index (κ2) is 10.00. The number of aldehydes is 1. The van der Waals surface area contributed by atoms with E-state index in [1.165, 1.54) is 11.9 Å². The van der Waals surface area contributed by atoms with E-state index in [1.54, 1.807) is 17.4 Å². The highest BCUT2D eigenvalue weighted by atomic mass is 32.1. The van der Waals surface area contributed by atoms with Crippen LogP contribution in [0.2, 0.25) is 0 Å². The van der Waals surface area contributed by atoms with E-state index in [0.29, 0.717) is 5.56 Å². The molecule has 0 fully saturated rings. The van der Waals surface area contributed by atoms with Crippen LogP contribution in [0.15, 0.2) is 71.0 Å². The van der Waals surface area contributed by atoms with E-state index in [9.17, 15) is 4.79 Å². The Morgan fingerprint density at radius 3 is 2.67 bits per heavy atom. The molecule has 0 radical (unpaired) electrons. The molecule has 0 aliphatic carbocycles. The van der Waals surface area contributed by atoms with Crippen molar-refractivity contribution in [3.8, 4) is 17.2 Å². The van der Waals surface area contributed by atoms with Crippen molar-refractivity contribution in [2.24, 2.45) is 16.6 Å². The fraction of sp³-hybridized carbons (Fsp3) is 0.240. The van der Waals surface area contributed by atoms with Crippen molar-refractivity contribution in [1.82, 2.24) is 0 Å². The van der Waals surface area contributed by atoms with Crippen LogP contribution in [0, 0.1) is 17.2 Å². The van der Waals surface area contributed by atoms with Crippen molar-refractivity contribution in [3.63, 3.8) is 0 Å². The fourth-order valence-electron chi connectivity index (χ4n) is 3.67. The molecule has 2 aromatic carbocycles. The highest BCUT2D eigenvalue weighted by Crippen LogP contribution is 2.41. The Labute approximate surface area is 181 Å². The lowest BCUT2D eigenvalue weighted by Gasteiger charge is -2.30. The third-order valence-electron chi connectivity index (χ3n) is 5.48. The van der Waals surface area contributed by atoms with E-state index in [-0.39, 0.29) is 5.92 Å². The third-order valence-corrected chi connectivity index (χ3v) is 6.63.